The van der Waals surface area contributed by atoms with Crippen LogP contribution >= 0.6 is 0 Å². The molecule has 24 heavy (non-hydrogen) atoms. The summed E-state index contributed by atoms with van der Waals surface area (Å²) in [6, 6.07) is 7.38. The number of carbonyl (C=O) groups excluding carboxylic acids is 1. The number of methoxy groups -OCH3 is 1. The average molecular weight is 331 g/mol. The first-order chi connectivity index (χ1) is 11.5. The third-order valence-electron chi connectivity index (χ3n) is 4.24. The molecule has 0 saturated carbocycles. The predicted molar refractivity (Wildman–Crippen MR) is 91.1 cm³/mol. The predicted octanol–water partition coefficient (Wildman–Crippen LogP) is 1.89. The first-order valence-corrected chi connectivity index (χ1v) is 8.24. The Kier molecular flexibility index (Phi) is 6.44. The summed E-state index contributed by atoms with van der Waals surface area (Å²) in [4.78, 5) is 16.5. The highest BCUT2D eigenvalue weighted by Crippen LogP contribution is 2.28. The number of amides is 1. The molecule has 2 rings (SSSR count). The number of hydrogen-bond donors (Lipinski definition) is 0. The quantitative estimate of drug-likeness (QED) is 0.745. The minimum atomic E-state index is 0.186. The lowest BCUT2D eigenvalue weighted by Gasteiger charge is -2.38. The second-order valence-electron chi connectivity index (χ2n) is 6.13. The lowest BCUT2D eigenvalue weighted by Crippen LogP contribution is -2.52. The van der Waals surface area contributed by atoms with Gasteiger partial charge in [0, 0.05) is 38.2 Å². The van der Waals surface area contributed by atoms with Gasteiger partial charge in [0.25, 0.3) is 0 Å². The molecule has 1 fully saturated rings. The Balaban J connectivity index is 1.79. The van der Waals surface area contributed by atoms with E-state index >= 15 is 0 Å². The maximum atomic E-state index is 12.3. The molecule has 130 valence electrons. The van der Waals surface area contributed by atoms with Gasteiger partial charge in [0.2, 0.25) is 5.91 Å². The van der Waals surface area contributed by atoms with Crippen LogP contribution in [-0.4, -0.2) is 62.1 Å². The van der Waals surface area contributed by atoms with E-state index in [4.69, 9.17) is 14.7 Å². The standard InChI is InChI=1S/C18H25N3O3/c1-14-13-20(2)8-9-21(14)18(22)5-4-10-24-16-7-6-15(12-19)11-17(16)23-3/h6-7,11,14H,4-5,8-10,13H2,1-3H3. The summed E-state index contributed by atoms with van der Waals surface area (Å²) in [7, 11) is 3.62. The highest BCUT2D eigenvalue weighted by Gasteiger charge is 2.25. The number of hydrogen-bond acceptors (Lipinski definition) is 5. The van der Waals surface area contributed by atoms with E-state index in [1.54, 1.807) is 25.3 Å². The third kappa shape index (κ3) is 4.62. The van der Waals surface area contributed by atoms with Crippen molar-refractivity contribution in [1.82, 2.24) is 9.80 Å². The zero-order chi connectivity index (χ0) is 17.5. The maximum absolute atomic E-state index is 12.3. The van der Waals surface area contributed by atoms with E-state index in [9.17, 15) is 4.79 Å². The number of piperazine rings is 1. The van der Waals surface area contributed by atoms with Crippen LogP contribution in [0.2, 0.25) is 0 Å². The van der Waals surface area contributed by atoms with Crippen molar-refractivity contribution in [2.75, 3.05) is 40.4 Å². The highest BCUT2D eigenvalue weighted by molar-refractivity contribution is 5.76. The molecule has 1 aliphatic heterocycles. The molecular formula is C18H25N3O3. The topological polar surface area (TPSA) is 65.8 Å². The van der Waals surface area contributed by atoms with Crippen molar-refractivity contribution >= 4 is 5.91 Å². The Morgan fingerprint density at radius 1 is 1.38 bits per heavy atom. The Bertz CT molecular complexity index is 612. The summed E-state index contributed by atoms with van der Waals surface area (Å²) in [5.74, 6) is 1.32. The molecule has 0 N–H and O–H groups in total. The van der Waals surface area contributed by atoms with E-state index in [0.29, 0.717) is 36.5 Å². The van der Waals surface area contributed by atoms with Gasteiger partial charge in [-0.2, -0.15) is 5.26 Å². The molecule has 0 radical (unpaired) electrons. The fraction of sp³-hybridized carbons (Fsp3) is 0.556. The minimum Gasteiger partial charge on any atom is -0.493 e. The molecule has 1 atom stereocenters. The van der Waals surface area contributed by atoms with Gasteiger partial charge in [0.1, 0.15) is 0 Å². The molecule has 1 aromatic carbocycles. The molecular weight excluding hydrogens is 306 g/mol. The average Bonchev–Trinajstić information content (AvgIpc) is 2.58. The Morgan fingerprint density at radius 3 is 2.83 bits per heavy atom. The summed E-state index contributed by atoms with van der Waals surface area (Å²) in [5, 5.41) is 8.89. The van der Waals surface area contributed by atoms with Crippen LogP contribution in [0.1, 0.15) is 25.3 Å². The number of nitrogens with zero attached hydrogens (tertiary/aromatic N) is 3. The second-order valence-corrected chi connectivity index (χ2v) is 6.13. The van der Waals surface area contributed by atoms with Gasteiger partial charge in [-0.3, -0.25) is 4.79 Å². The van der Waals surface area contributed by atoms with Crippen LogP contribution < -0.4 is 9.47 Å². The van der Waals surface area contributed by atoms with Crippen molar-refractivity contribution in [1.29, 1.82) is 5.26 Å². The zero-order valence-electron chi connectivity index (χ0n) is 14.6. The van der Waals surface area contributed by atoms with Gasteiger partial charge in [-0.1, -0.05) is 0 Å². The van der Waals surface area contributed by atoms with E-state index < -0.39 is 0 Å². The summed E-state index contributed by atoms with van der Waals surface area (Å²) >= 11 is 0. The van der Waals surface area contributed by atoms with Crippen molar-refractivity contribution in [3.05, 3.63) is 23.8 Å². The number of rotatable bonds is 6. The number of ether oxygens (including phenoxy) is 2. The molecule has 6 heteroatoms. The molecule has 1 aliphatic rings. The highest BCUT2D eigenvalue weighted by atomic mass is 16.5. The zero-order valence-corrected chi connectivity index (χ0v) is 14.6. The fourth-order valence-corrected chi connectivity index (χ4v) is 2.92. The summed E-state index contributed by atoms with van der Waals surface area (Å²) in [5.41, 5.74) is 0.526. The van der Waals surface area contributed by atoms with E-state index in [2.05, 4.69) is 24.9 Å². The summed E-state index contributed by atoms with van der Waals surface area (Å²) in [6.07, 6.45) is 1.13. The molecule has 1 saturated heterocycles. The van der Waals surface area contributed by atoms with E-state index in [0.717, 1.165) is 19.6 Å². The first-order valence-electron chi connectivity index (χ1n) is 8.24. The molecule has 0 spiro atoms. The Morgan fingerprint density at radius 2 is 2.17 bits per heavy atom. The molecule has 1 unspecified atom stereocenters. The van der Waals surface area contributed by atoms with Crippen LogP contribution in [0.3, 0.4) is 0 Å². The summed E-state index contributed by atoms with van der Waals surface area (Å²) in [6.45, 7) is 5.17. The normalized spacial score (nSPS) is 18.1. The molecule has 0 aliphatic carbocycles. The summed E-state index contributed by atoms with van der Waals surface area (Å²) < 4.78 is 10.9. The first kappa shape index (κ1) is 18.1. The fourth-order valence-electron chi connectivity index (χ4n) is 2.92. The second kappa shape index (κ2) is 8.55. The lowest BCUT2D eigenvalue weighted by atomic mass is 10.1. The van der Waals surface area contributed by atoms with Gasteiger partial charge >= 0.3 is 0 Å². The Labute approximate surface area is 143 Å². The van der Waals surface area contributed by atoms with Gasteiger partial charge in [-0.15, -0.1) is 0 Å². The number of nitriles is 1. The molecule has 1 amide bonds. The Hall–Kier alpha value is -2.26. The van der Waals surface area contributed by atoms with Crippen LogP contribution in [0.5, 0.6) is 11.5 Å². The van der Waals surface area contributed by atoms with E-state index in [1.807, 2.05) is 4.90 Å². The number of benzene rings is 1. The largest absolute Gasteiger partial charge is 0.493 e. The van der Waals surface area contributed by atoms with Crippen LogP contribution in [0.4, 0.5) is 0 Å². The smallest absolute Gasteiger partial charge is 0.223 e. The van der Waals surface area contributed by atoms with Crippen LogP contribution in [-0.2, 0) is 4.79 Å². The monoisotopic (exact) mass is 331 g/mol. The van der Waals surface area contributed by atoms with Crippen LogP contribution in [0.25, 0.3) is 0 Å². The molecule has 0 bridgehead atoms. The van der Waals surface area contributed by atoms with Gasteiger partial charge in [0.15, 0.2) is 11.5 Å². The van der Waals surface area contributed by atoms with E-state index in [-0.39, 0.29) is 11.9 Å². The SMILES string of the molecule is COc1cc(C#N)ccc1OCCCC(=O)N1CCN(C)CC1C. The number of carbonyl (C=O) groups is 1. The molecule has 1 aromatic rings. The lowest BCUT2D eigenvalue weighted by molar-refractivity contribution is -0.135. The van der Waals surface area contributed by atoms with Crippen LogP contribution in [0, 0.1) is 11.3 Å². The van der Waals surface area contributed by atoms with Gasteiger partial charge < -0.3 is 19.3 Å². The van der Waals surface area contributed by atoms with Gasteiger partial charge in [0.05, 0.1) is 25.3 Å². The molecule has 6 nitrogen and oxygen atoms in total. The van der Waals surface area contributed by atoms with Crippen molar-refractivity contribution in [2.45, 2.75) is 25.8 Å². The minimum absolute atomic E-state index is 0.186. The van der Waals surface area contributed by atoms with Crippen LogP contribution in [0.15, 0.2) is 18.2 Å². The van der Waals surface area contributed by atoms with Crippen molar-refractivity contribution in [3.8, 4) is 17.6 Å². The van der Waals surface area contributed by atoms with Crippen molar-refractivity contribution < 1.29 is 14.3 Å². The van der Waals surface area contributed by atoms with Gasteiger partial charge in [-0.25, -0.2) is 0 Å². The van der Waals surface area contributed by atoms with Gasteiger partial charge in [-0.05, 0) is 32.5 Å². The van der Waals surface area contributed by atoms with Crippen molar-refractivity contribution in [3.63, 3.8) is 0 Å². The maximum Gasteiger partial charge on any atom is 0.223 e. The number of likely N-dealkylation sites (N-methyl/N-ethyl adjacent to an activating group) is 1. The van der Waals surface area contributed by atoms with Crippen molar-refractivity contribution in [2.24, 2.45) is 0 Å². The van der Waals surface area contributed by atoms with E-state index in [1.165, 1.54) is 0 Å². The molecule has 1 heterocycles. The molecule has 0 aromatic heterocycles. The third-order valence-corrected chi connectivity index (χ3v) is 4.24.